The molecule has 2 N–H and O–H groups in total. The molecule has 0 bridgehead atoms. The van der Waals surface area contributed by atoms with Gasteiger partial charge >= 0.3 is 0 Å². The van der Waals surface area contributed by atoms with Crippen molar-refractivity contribution in [3.63, 3.8) is 0 Å². The quantitative estimate of drug-likeness (QED) is 0.627. The van der Waals surface area contributed by atoms with Gasteiger partial charge in [0.05, 0.1) is 13.7 Å². The number of hydrogen-bond acceptors (Lipinski definition) is 4. The molecule has 2 aromatic carbocycles. The number of methoxy groups -OCH3 is 1. The van der Waals surface area contributed by atoms with Crippen LogP contribution in [0.3, 0.4) is 0 Å². The van der Waals surface area contributed by atoms with Gasteiger partial charge in [0.15, 0.2) is 4.77 Å². The highest BCUT2D eigenvalue weighted by atomic mass is 32.1. The van der Waals surface area contributed by atoms with E-state index >= 15 is 0 Å². The van der Waals surface area contributed by atoms with Crippen LogP contribution >= 0.6 is 12.2 Å². The number of aromatic amines is 1. The summed E-state index contributed by atoms with van der Waals surface area (Å²) in [5.41, 5.74) is 1.75. The number of nitrogens with one attached hydrogen (secondary N) is 2. The van der Waals surface area contributed by atoms with Crippen molar-refractivity contribution in [1.29, 1.82) is 0 Å². The van der Waals surface area contributed by atoms with Crippen molar-refractivity contribution >= 4 is 29.7 Å². The van der Waals surface area contributed by atoms with Gasteiger partial charge in [-0.05, 0) is 48.6 Å². The third kappa shape index (κ3) is 4.29. The molecule has 144 valence electrons. The van der Waals surface area contributed by atoms with Gasteiger partial charge in [0.2, 0.25) is 5.91 Å². The lowest BCUT2D eigenvalue weighted by Gasteiger charge is -2.18. The number of rotatable bonds is 6. The number of ether oxygens (including phenoxy) is 1. The van der Waals surface area contributed by atoms with E-state index in [-0.39, 0.29) is 18.4 Å². The number of imidazole rings is 1. The lowest BCUT2D eigenvalue weighted by Crippen LogP contribution is -2.35. The zero-order valence-corrected chi connectivity index (χ0v) is 16.3. The highest BCUT2D eigenvalue weighted by Gasteiger charge is 2.20. The Morgan fingerprint density at radius 1 is 1.14 bits per heavy atom. The molecule has 3 aromatic rings. The molecular formula is C20H20N4O3S. The van der Waals surface area contributed by atoms with E-state index in [2.05, 4.69) is 10.3 Å². The summed E-state index contributed by atoms with van der Waals surface area (Å²) in [5, 5.41) is 2.76. The van der Waals surface area contributed by atoms with E-state index in [1.807, 2.05) is 30.3 Å². The lowest BCUT2D eigenvalue weighted by molar-refractivity contribution is -0.116. The molecule has 1 aromatic heterocycles. The standard InChI is InChI=1S/C20H20N4O3S/c1-23(13-18(25)22-14-8-10-16(27-2)11-9-14)19(26)17-12-21-20(28)24(17)15-6-4-3-5-7-15/h3-12H,13H2,1-2H3,(H,21,28)(H,22,25). The van der Waals surface area contributed by atoms with Crippen LogP contribution in [-0.2, 0) is 4.79 Å². The highest BCUT2D eigenvalue weighted by molar-refractivity contribution is 7.71. The summed E-state index contributed by atoms with van der Waals surface area (Å²) < 4.78 is 7.15. The van der Waals surface area contributed by atoms with Crippen molar-refractivity contribution in [2.75, 3.05) is 26.0 Å². The Morgan fingerprint density at radius 3 is 2.46 bits per heavy atom. The number of anilines is 1. The molecule has 0 saturated heterocycles. The van der Waals surface area contributed by atoms with Crippen LogP contribution in [0.5, 0.6) is 5.75 Å². The van der Waals surface area contributed by atoms with Gasteiger partial charge in [-0.15, -0.1) is 0 Å². The first-order valence-corrected chi connectivity index (χ1v) is 8.95. The van der Waals surface area contributed by atoms with Gasteiger partial charge in [-0.3, -0.25) is 14.2 Å². The molecule has 1 heterocycles. The molecule has 0 unspecified atom stereocenters. The summed E-state index contributed by atoms with van der Waals surface area (Å²) in [6, 6.07) is 16.3. The van der Waals surface area contributed by atoms with Crippen molar-refractivity contribution in [3.8, 4) is 11.4 Å². The zero-order valence-electron chi connectivity index (χ0n) is 15.5. The van der Waals surface area contributed by atoms with E-state index in [0.29, 0.717) is 21.9 Å². The summed E-state index contributed by atoms with van der Waals surface area (Å²) in [4.78, 5) is 29.4. The fourth-order valence-electron chi connectivity index (χ4n) is 2.72. The molecule has 7 nitrogen and oxygen atoms in total. The predicted molar refractivity (Wildman–Crippen MR) is 110 cm³/mol. The van der Waals surface area contributed by atoms with E-state index < -0.39 is 0 Å². The van der Waals surface area contributed by atoms with Crippen molar-refractivity contribution in [1.82, 2.24) is 14.5 Å². The third-order valence-corrected chi connectivity index (χ3v) is 4.41. The molecule has 0 aliphatic heterocycles. The maximum absolute atomic E-state index is 12.9. The number of benzene rings is 2. The van der Waals surface area contributed by atoms with Crippen molar-refractivity contribution in [2.24, 2.45) is 0 Å². The fourth-order valence-corrected chi connectivity index (χ4v) is 2.98. The topological polar surface area (TPSA) is 79.4 Å². The van der Waals surface area contributed by atoms with E-state index in [0.717, 1.165) is 5.69 Å². The number of carbonyl (C=O) groups is 2. The number of carbonyl (C=O) groups excluding carboxylic acids is 2. The first-order chi connectivity index (χ1) is 13.5. The number of aromatic nitrogens is 2. The Morgan fingerprint density at radius 2 is 1.82 bits per heavy atom. The average Bonchev–Trinajstić information content (AvgIpc) is 3.09. The van der Waals surface area contributed by atoms with Gasteiger partial charge in [0.25, 0.3) is 5.91 Å². The molecule has 28 heavy (non-hydrogen) atoms. The molecule has 0 fully saturated rings. The van der Waals surface area contributed by atoms with E-state index in [9.17, 15) is 9.59 Å². The average molecular weight is 396 g/mol. The maximum atomic E-state index is 12.9. The Bertz CT molecular complexity index is 1030. The van der Waals surface area contributed by atoms with Crippen LogP contribution in [0.4, 0.5) is 5.69 Å². The van der Waals surface area contributed by atoms with Gasteiger partial charge in [0, 0.05) is 24.6 Å². The second kappa shape index (κ2) is 8.53. The van der Waals surface area contributed by atoms with Crippen LogP contribution in [0.1, 0.15) is 10.5 Å². The number of hydrogen-bond donors (Lipinski definition) is 2. The van der Waals surface area contributed by atoms with Crippen LogP contribution in [0.15, 0.2) is 60.8 Å². The predicted octanol–water partition coefficient (Wildman–Crippen LogP) is 3.25. The SMILES string of the molecule is COc1ccc(NC(=O)CN(C)C(=O)c2c[nH]c(=S)n2-c2ccccc2)cc1. The fraction of sp³-hybridized carbons (Fsp3) is 0.150. The van der Waals surface area contributed by atoms with Crippen molar-refractivity contribution in [3.05, 3.63) is 71.3 Å². The van der Waals surface area contributed by atoms with Crippen molar-refractivity contribution < 1.29 is 14.3 Å². The number of para-hydroxylation sites is 1. The van der Waals surface area contributed by atoms with Gasteiger partial charge in [-0.25, -0.2) is 0 Å². The minimum atomic E-state index is -0.318. The maximum Gasteiger partial charge on any atom is 0.272 e. The Balaban J connectivity index is 1.71. The van der Waals surface area contributed by atoms with E-state index in [1.165, 1.54) is 4.90 Å². The van der Waals surface area contributed by atoms with Crippen LogP contribution < -0.4 is 10.1 Å². The normalized spacial score (nSPS) is 10.4. The molecule has 0 aliphatic rings. The number of nitrogens with zero attached hydrogens (tertiary/aromatic N) is 2. The summed E-state index contributed by atoms with van der Waals surface area (Å²) in [6.45, 7) is -0.0996. The van der Waals surface area contributed by atoms with Crippen molar-refractivity contribution in [2.45, 2.75) is 0 Å². The molecule has 3 rings (SSSR count). The highest BCUT2D eigenvalue weighted by Crippen LogP contribution is 2.16. The first kappa shape index (κ1) is 19.4. The number of likely N-dealkylation sites (N-methyl/N-ethyl adjacent to an activating group) is 1. The number of H-pyrrole nitrogens is 1. The van der Waals surface area contributed by atoms with Gasteiger partial charge < -0.3 is 19.9 Å². The second-order valence-corrected chi connectivity index (χ2v) is 6.47. The summed E-state index contributed by atoms with van der Waals surface area (Å²) in [6.07, 6.45) is 1.55. The molecule has 0 spiro atoms. The van der Waals surface area contributed by atoms with Crippen LogP contribution in [-0.4, -0.2) is 47.0 Å². The first-order valence-electron chi connectivity index (χ1n) is 8.55. The molecular weight excluding hydrogens is 376 g/mol. The molecule has 0 aliphatic carbocycles. The molecule has 8 heteroatoms. The minimum absolute atomic E-state index is 0.0996. The Labute approximate surface area is 167 Å². The van der Waals surface area contributed by atoms with Crippen LogP contribution in [0, 0.1) is 4.77 Å². The zero-order chi connectivity index (χ0) is 20.1. The van der Waals surface area contributed by atoms with E-state index in [1.54, 1.807) is 49.2 Å². The largest absolute Gasteiger partial charge is 0.497 e. The second-order valence-electron chi connectivity index (χ2n) is 6.09. The Kier molecular flexibility index (Phi) is 5.90. The third-order valence-electron chi connectivity index (χ3n) is 4.11. The van der Waals surface area contributed by atoms with Crippen LogP contribution in [0.25, 0.3) is 5.69 Å². The Hall–Kier alpha value is -3.39. The molecule has 0 radical (unpaired) electrons. The van der Waals surface area contributed by atoms with Crippen LogP contribution in [0.2, 0.25) is 0 Å². The molecule has 2 amide bonds. The summed E-state index contributed by atoms with van der Waals surface area (Å²) in [5.74, 6) is 0.0745. The minimum Gasteiger partial charge on any atom is -0.497 e. The smallest absolute Gasteiger partial charge is 0.272 e. The molecule has 0 saturated carbocycles. The van der Waals surface area contributed by atoms with Gasteiger partial charge in [0.1, 0.15) is 11.4 Å². The monoisotopic (exact) mass is 396 g/mol. The summed E-state index contributed by atoms with van der Waals surface area (Å²) in [7, 11) is 3.15. The lowest BCUT2D eigenvalue weighted by atomic mass is 10.3. The number of amides is 2. The summed E-state index contributed by atoms with van der Waals surface area (Å²) >= 11 is 5.30. The van der Waals surface area contributed by atoms with E-state index in [4.69, 9.17) is 17.0 Å². The van der Waals surface area contributed by atoms with Gasteiger partial charge in [-0.2, -0.15) is 0 Å². The molecule has 0 atom stereocenters. The van der Waals surface area contributed by atoms with Gasteiger partial charge in [-0.1, -0.05) is 18.2 Å².